The molecule has 0 fully saturated rings. The quantitative estimate of drug-likeness (QED) is 0.899. The monoisotopic (exact) mass is 258 g/mol. The summed E-state index contributed by atoms with van der Waals surface area (Å²) in [6.07, 6.45) is 0.315. The van der Waals surface area contributed by atoms with Crippen molar-refractivity contribution in [2.75, 3.05) is 6.61 Å². The summed E-state index contributed by atoms with van der Waals surface area (Å²) >= 11 is 3.40. The van der Waals surface area contributed by atoms with Gasteiger partial charge in [-0.15, -0.1) is 0 Å². The van der Waals surface area contributed by atoms with Crippen LogP contribution in [0.5, 0.6) is 5.75 Å². The van der Waals surface area contributed by atoms with Gasteiger partial charge >= 0.3 is 0 Å². The molecule has 0 bridgehead atoms. The van der Waals surface area contributed by atoms with Crippen molar-refractivity contribution in [3.05, 3.63) is 28.2 Å². The van der Waals surface area contributed by atoms with E-state index in [1.54, 1.807) is 0 Å². The summed E-state index contributed by atoms with van der Waals surface area (Å²) in [5, 5.41) is 9.64. The molecule has 2 nitrogen and oxygen atoms in total. The number of halogens is 1. The van der Waals surface area contributed by atoms with E-state index < -0.39 is 6.10 Å². The average Bonchev–Trinajstić information content (AvgIpc) is 2.20. The zero-order valence-corrected chi connectivity index (χ0v) is 10.0. The summed E-state index contributed by atoms with van der Waals surface area (Å²) in [7, 11) is 0. The third kappa shape index (κ3) is 2.72. The minimum Gasteiger partial charge on any atom is -0.493 e. The molecule has 0 heterocycles. The number of hydrogen-bond acceptors (Lipinski definition) is 2. The van der Waals surface area contributed by atoms with Crippen molar-refractivity contribution >= 4 is 15.9 Å². The molecule has 0 saturated carbocycles. The Kier molecular flexibility index (Phi) is 4.42. The minimum absolute atomic E-state index is 0.401. The van der Waals surface area contributed by atoms with E-state index >= 15 is 0 Å². The van der Waals surface area contributed by atoms with Crippen LogP contribution in [0.4, 0.5) is 0 Å². The first kappa shape index (κ1) is 11.5. The first-order valence-electron chi connectivity index (χ1n) is 4.79. The molecule has 14 heavy (non-hydrogen) atoms. The SMILES string of the molecule is CCOc1cc(C(O)CC)ccc1Br. The maximum atomic E-state index is 9.64. The second-order valence-electron chi connectivity index (χ2n) is 3.05. The summed E-state index contributed by atoms with van der Waals surface area (Å²) in [4.78, 5) is 0. The normalized spacial score (nSPS) is 12.6. The van der Waals surface area contributed by atoms with Crippen molar-refractivity contribution in [1.29, 1.82) is 0 Å². The predicted molar refractivity (Wildman–Crippen MR) is 60.6 cm³/mol. The molecule has 1 aromatic carbocycles. The zero-order valence-electron chi connectivity index (χ0n) is 8.46. The van der Waals surface area contributed by atoms with E-state index in [1.807, 2.05) is 32.0 Å². The highest BCUT2D eigenvalue weighted by molar-refractivity contribution is 9.10. The van der Waals surface area contributed by atoms with Gasteiger partial charge in [-0.1, -0.05) is 13.0 Å². The lowest BCUT2D eigenvalue weighted by atomic mass is 10.1. The van der Waals surface area contributed by atoms with Crippen LogP contribution in [-0.4, -0.2) is 11.7 Å². The van der Waals surface area contributed by atoms with E-state index in [4.69, 9.17) is 4.74 Å². The first-order valence-corrected chi connectivity index (χ1v) is 5.58. The molecule has 78 valence electrons. The van der Waals surface area contributed by atoms with E-state index in [0.717, 1.165) is 15.8 Å². The van der Waals surface area contributed by atoms with E-state index in [1.165, 1.54) is 0 Å². The van der Waals surface area contributed by atoms with Crippen molar-refractivity contribution in [3.8, 4) is 5.75 Å². The van der Waals surface area contributed by atoms with Crippen LogP contribution >= 0.6 is 15.9 Å². The zero-order chi connectivity index (χ0) is 10.6. The standard InChI is InChI=1S/C11H15BrO2/c1-3-10(13)8-5-6-9(12)11(7-8)14-4-2/h5-7,10,13H,3-4H2,1-2H3. The minimum atomic E-state index is -0.401. The fraction of sp³-hybridized carbons (Fsp3) is 0.455. The molecular weight excluding hydrogens is 244 g/mol. The highest BCUT2D eigenvalue weighted by Crippen LogP contribution is 2.29. The number of rotatable bonds is 4. The molecule has 0 radical (unpaired) electrons. The highest BCUT2D eigenvalue weighted by atomic mass is 79.9. The first-order chi connectivity index (χ1) is 6.69. The topological polar surface area (TPSA) is 29.5 Å². The van der Waals surface area contributed by atoms with Gasteiger partial charge in [-0.2, -0.15) is 0 Å². The molecule has 0 aromatic heterocycles. The molecular formula is C11H15BrO2. The van der Waals surface area contributed by atoms with Crippen molar-refractivity contribution in [2.45, 2.75) is 26.4 Å². The van der Waals surface area contributed by atoms with Crippen LogP contribution in [-0.2, 0) is 0 Å². The van der Waals surface area contributed by atoms with Crippen LogP contribution in [0.15, 0.2) is 22.7 Å². The van der Waals surface area contributed by atoms with Gasteiger partial charge < -0.3 is 9.84 Å². The van der Waals surface area contributed by atoms with Crippen LogP contribution < -0.4 is 4.74 Å². The summed E-state index contributed by atoms with van der Waals surface area (Å²) in [5.41, 5.74) is 0.902. The Morgan fingerprint density at radius 2 is 2.14 bits per heavy atom. The second-order valence-corrected chi connectivity index (χ2v) is 3.90. The second kappa shape index (κ2) is 5.37. The molecule has 1 rings (SSSR count). The summed E-state index contributed by atoms with van der Waals surface area (Å²) in [5.74, 6) is 0.789. The molecule has 0 spiro atoms. The molecule has 1 atom stereocenters. The van der Waals surface area contributed by atoms with Gasteiger partial charge in [-0.05, 0) is 47.0 Å². The lowest BCUT2D eigenvalue weighted by Crippen LogP contribution is -1.98. The van der Waals surface area contributed by atoms with E-state index in [2.05, 4.69) is 15.9 Å². The third-order valence-corrected chi connectivity index (χ3v) is 2.68. The number of aliphatic hydroxyl groups excluding tert-OH is 1. The molecule has 0 aliphatic heterocycles. The molecule has 0 aliphatic rings. The molecule has 1 N–H and O–H groups in total. The summed E-state index contributed by atoms with van der Waals surface area (Å²) in [6, 6.07) is 5.68. The van der Waals surface area contributed by atoms with Crippen LogP contribution in [0.1, 0.15) is 31.9 Å². The van der Waals surface area contributed by atoms with Gasteiger partial charge in [0.25, 0.3) is 0 Å². The van der Waals surface area contributed by atoms with Gasteiger partial charge in [0, 0.05) is 0 Å². The van der Waals surface area contributed by atoms with Gasteiger partial charge in [-0.25, -0.2) is 0 Å². The molecule has 0 aliphatic carbocycles. The molecule has 1 aromatic rings. The van der Waals surface area contributed by atoms with Crippen LogP contribution in [0.3, 0.4) is 0 Å². The van der Waals surface area contributed by atoms with Crippen molar-refractivity contribution in [1.82, 2.24) is 0 Å². The van der Waals surface area contributed by atoms with Crippen LogP contribution in [0.2, 0.25) is 0 Å². The van der Waals surface area contributed by atoms with Gasteiger partial charge in [-0.3, -0.25) is 0 Å². The van der Waals surface area contributed by atoms with Crippen molar-refractivity contribution in [3.63, 3.8) is 0 Å². The van der Waals surface area contributed by atoms with Gasteiger partial charge in [0.1, 0.15) is 5.75 Å². The van der Waals surface area contributed by atoms with Crippen LogP contribution in [0.25, 0.3) is 0 Å². The molecule has 0 saturated heterocycles. The van der Waals surface area contributed by atoms with Gasteiger partial charge in [0.15, 0.2) is 0 Å². The molecule has 0 amide bonds. The van der Waals surface area contributed by atoms with E-state index in [-0.39, 0.29) is 0 Å². The lowest BCUT2D eigenvalue weighted by molar-refractivity contribution is 0.173. The highest BCUT2D eigenvalue weighted by Gasteiger charge is 2.08. The maximum absolute atomic E-state index is 9.64. The largest absolute Gasteiger partial charge is 0.493 e. The van der Waals surface area contributed by atoms with E-state index in [9.17, 15) is 5.11 Å². The number of ether oxygens (including phenoxy) is 1. The Hall–Kier alpha value is -0.540. The van der Waals surface area contributed by atoms with Crippen molar-refractivity contribution < 1.29 is 9.84 Å². The lowest BCUT2D eigenvalue weighted by Gasteiger charge is -2.11. The Morgan fingerprint density at radius 3 is 2.71 bits per heavy atom. The summed E-state index contributed by atoms with van der Waals surface area (Å²) in [6.45, 7) is 4.52. The summed E-state index contributed by atoms with van der Waals surface area (Å²) < 4.78 is 6.34. The van der Waals surface area contributed by atoms with Crippen LogP contribution in [0, 0.1) is 0 Å². The number of hydrogen-bond donors (Lipinski definition) is 1. The van der Waals surface area contributed by atoms with Gasteiger partial charge in [0.05, 0.1) is 17.2 Å². The Morgan fingerprint density at radius 1 is 1.43 bits per heavy atom. The molecule has 3 heteroatoms. The van der Waals surface area contributed by atoms with E-state index in [0.29, 0.717) is 13.0 Å². The number of benzene rings is 1. The number of aliphatic hydroxyl groups is 1. The Bertz CT molecular complexity index is 299. The average molecular weight is 259 g/mol. The molecule has 1 unspecified atom stereocenters. The smallest absolute Gasteiger partial charge is 0.133 e. The third-order valence-electron chi connectivity index (χ3n) is 2.03. The Labute approximate surface area is 93.0 Å². The Balaban J connectivity index is 2.93. The van der Waals surface area contributed by atoms with Gasteiger partial charge in [0.2, 0.25) is 0 Å². The predicted octanol–water partition coefficient (Wildman–Crippen LogP) is 3.29. The maximum Gasteiger partial charge on any atom is 0.133 e. The van der Waals surface area contributed by atoms with Crippen molar-refractivity contribution in [2.24, 2.45) is 0 Å². The fourth-order valence-corrected chi connectivity index (χ4v) is 1.59. The fourth-order valence-electron chi connectivity index (χ4n) is 1.23.